The van der Waals surface area contributed by atoms with Crippen LogP contribution in [0.1, 0.15) is 0 Å². The Morgan fingerprint density at radius 3 is 1.91 bits per heavy atom. The monoisotopic (exact) mass is 692 g/mol. The van der Waals surface area contributed by atoms with E-state index in [1.54, 1.807) is 0 Å². The molecule has 0 radical (unpaired) electrons. The number of phenolic OH excluding ortho intramolecular Hbond substituents is 3. The third-order valence-corrected chi connectivity index (χ3v) is 8.27. The molecule has 0 saturated heterocycles. The van der Waals surface area contributed by atoms with E-state index in [0.717, 1.165) is 24.3 Å². The SMILES string of the molecule is O=[N+]([O-])c1cc(/N=N/c2ccc(O)c(/N=N/c3ccc(S(=O)(=O)CCOS(=O)(=O)O)cc3S(=O)(=O)O)c2O)c(O)c([N+](=O)[O-])c1. The van der Waals surface area contributed by atoms with E-state index in [0.29, 0.717) is 18.2 Å². The zero-order valence-corrected chi connectivity index (χ0v) is 24.0. The van der Waals surface area contributed by atoms with Crippen LogP contribution < -0.4 is 0 Å². The van der Waals surface area contributed by atoms with Crippen LogP contribution in [0.25, 0.3) is 0 Å². The molecule has 3 aromatic rings. The molecule has 3 aromatic carbocycles. The second-order valence-electron chi connectivity index (χ2n) is 8.22. The molecule has 0 saturated carbocycles. The predicted molar refractivity (Wildman–Crippen MR) is 145 cm³/mol. The van der Waals surface area contributed by atoms with Gasteiger partial charge in [-0.1, -0.05) is 0 Å². The quantitative estimate of drug-likeness (QED) is 0.0786. The summed E-state index contributed by atoms with van der Waals surface area (Å²) in [5.74, 6) is -3.96. The average Bonchev–Trinajstić information content (AvgIpc) is 2.91. The summed E-state index contributed by atoms with van der Waals surface area (Å²) in [5.41, 5.74) is -4.77. The zero-order valence-electron chi connectivity index (χ0n) is 21.6. The van der Waals surface area contributed by atoms with Crippen molar-refractivity contribution in [3.63, 3.8) is 0 Å². The molecule has 240 valence electrons. The number of nitrogens with zero attached hydrogens (tertiary/aromatic N) is 6. The van der Waals surface area contributed by atoms with Gasteiger partial charge >= 0.3 is 16.1 Å². The van der Waals surface area contributed by atoms with Gasteiger partial charge in [0.1, 0.15) is 27.7 Å². The molecule has 0 aliphatic carbocycles. The molecule has 0 unspecified atom stereocenters. The Balaban J connectivity index is 2.02. The second-order valence-corrected chi connectivity index (χ2v) is 12.8. The minimum Gasteiger partial charge on any atom is -0.505 e. The maximum absolute atomic E-state index is 12.4. The molecule has 0 fully saturated rings. The van der Waals surface area contributed by atoms with Crippen LogP contribution in [0.4, 0.5) is 34.1 Å². The second kappa shape index (κ2) is 12.8. The minimum atomic E-state index is -5.22. The Bertz CT molecular complexity index is 2100. The summed E-state index contributed by atoms with van der Waals surface area (Å²) in [7, 11) is -14.7. The number of hydrogen-bond donors (Lipinski definition) is 5. The van der Waals surface area contributed by atoms with Crippen molar-refractivity contribution in [3.8, 4) is 17.2 Å². The molecule has 0 bridgehead atoms. The molecule has 3 rings (SSSR count). The van der Waals surface area contributed by atoms with Crippen LogP contribution in [0.15, 0.2) is 72.7 Å². The van der Waals surface area contributed by atoms with Crippen molar-refractivity contribution in [1.82, 2.24) is 0 Å². The highest BCUT2D eigenvalue weighted by Crippen LogP contribution is 2.46. The molecule has 22 nitrogen and oxygen atoms in total. The minimum absolute atomic E-state index is 0.432. The summed E-state index contributed by atoms with van der Waals surface area (Å²) in [6.07, 6.45) is 0. The maximum atomic E-state index is 12.4. The lowest BCUT2D eigenvalue weighted by Crippen LogP contribution is -2.16. The highest BCUT2D eigenvalue weighted by Gasteiger charge is 2.25. The van der Waals surface area contributed by atoms with Crippen LogP contribution in [0.3, 0.4) is 0 Å². The smallest absolute Gasteiger partial charge is 0.397 e. The Labute approximate surface area is 250 Å². The lowest BCUT2D eigenvalue weighted by Gasteiger charge is -2.08. The predicted octanol–water partition coefficient (Wildman–Crippen LogP) is 3.29. The van der Waals surface area contributed by atoms with E-state index in [-0.39, 0.29) is 0 Å². The van der Waals surface area contributed by atoms with Gasteiger partial charge in [-0.2, -0.15) is 16.8 Å². The standard InChI is InChI=1S/C20H16N6O16S3/c27-16-4-3-13(22-23-14-7-10(25(30)31)8-15(19(14)28)26(32)33)20(29)18(16)24-21-12-2-1-11(9-17(12)44(36,37)38)43(34,35)6-5-42-45(39,40)41/h1-4,7-9,27-29H,5-6H2,(H,36,37,38)(H,39,40,41)/b23-22+,24-21+. The van der Waals surface area contributed by atoms with E-state index in [1.165, 1.54) is 0 Å². The molecule has 0 aliphatic rings. The largest absolute Gasteiger partial charge is 0.505 e. The van der Waals surface area contributed by atoms with Crippen molar-refractivity contribution < 1.29 is 63.7 Å². The molecule has 0 atom stereocenters. The van der Waals surface area contributed by atoms with Crippen LogP contribution in [-0.4, -0.2) is 71.9 Å². The number of nitro benzene ring substituents is 2. The first-order valence-corrected chi connectivity index (χ1v) is 15.7. The van der Waals surface area contributed by atoms with Gasteiger partial charge in [-0.25, -0.2) is 12.6 Å². The molecular weight excluding hydrogens is 676 g/mol. The first kappa shape index (κ1) is 34.3. The zero-order chi connectivity index (χ0) is 33.9. The van der Waals surface area contributed by atoms with Gasteiger partial charge < -0.3 is 15.3 Å². The number of benzene rings is 3. The van der Waals surface area contributed by atoms with E-state index in [9.17, 15) is 65.4 Å². The third-order valence-electron chi connectivity index (χ3n) is 5.25. The van der Waals surface area contributed by atoms with Crippen molar-refractivity contribution in [1.29, 1.82) is 0 Å². The fourth-order valence-corrected chi connectivity index (χ4v) is 5.44. The summed E-state index contributed by atoms with van der Waals surface area (Å²) in [6, 6.07) is 4.83. The van der Waals surface area contributed by atoms with E-state index < -0.39 is 114 Å². The first-order chi connectivity index (χ1) is 20.7. The summed E-state index contributed by atoms with van der Waals surface area (Å²) in [4.78, 5) is 18.2. The van der Waals surface area contributed by atoms with Crippen molar-refractivity contribution in [2.45, 2.75) is 9.79 Å². The number of phenols is 3. The third kappa shape index (κ3) is 8.46. The van der Waals surface area contributed by atoms with E-state index >= 15 is 0 Å². The first-order valence-electron chi connectivity index (χ1n) is 11.2. The summed E-state index contributed by atoms with van der Waals surface area (Å²) < 4.78 is 92.1. The Hall–Kier alpha value is -5.21. The van der Waals surface area contributed by atoms with E-state index in [2.05, 4.69) is 24.6 Å². The fourth-order valence-electron chi connectivity index (χ4n) is 3.20. The number of aromatic hydroxyl groups is 3. The van der Waals surface area contributed by atoms with Crippen molar-refractivity contribution >= 4 is 64.5 Å². The lowest BCUT2D eigenvalue weighted by molar-refractivity contribution is -0.394. The van der Waals surface area contributed by atoms with Crippen molar-refractivity contribution in [3.05, 3.63) is 62.7 Å². The highest BCUT2D eigenvalue weighted by atomic mass is 32.3. The lowest BCUT2D eigenvalue weighted by atomic mass is 10.2. The van der Waals surface area contributed by atoms with Gasteiger partial charge in [0.2, 0.25) is 5.75 Å². The van der Waals surface area contributed by atoms with E-state index in [1.807, 2.05) is 0 Å². The maximum Gasteiger partial charge on any atom is 0.397 e. The Morgan fingerprint density at radius 1 is 0.733 bits per heavy atom. The Kier molecular flexibility index (Phi) is 9.75. The molecule has 5 N–H and O–H groups in total. The van der Waals surface area contributed by atoms with Gasteiger partial charge in [0, 0.05) is 6.07 Å². The topological polar surface area (TPSA) is 349 Å². The number of nitro groups is 2. The molecule has 0 aromatic heterocycles. The molecule has 0 amide bonds. The molecule has 25 heteroatoms. The fraction of sp³-hybridized carbons (Fsp3) is 0.100. The van der Waals surface area contributed by atoms with Gasteiger partial charge in [-0.05, 0) is 30.3 Å². The number of sulfone groups is 1. The molecule has 0 aliphatic heterocycles. The summed E-state index contributed by atoms with van der Waals surface area (Å²) >= 11 is 0. The molecule has 0 heterocycles. The highest BCUT2D eigenvalue weighted by molar-refractivity contribution is 7.91. The molecule has 0 spiro atoms. The van der Waals surface area contributed by atoms with Gasteiger partial charge in [-0.15, -0.1) is 20.5 Å². The van der Waals surface area contributed by atoms with Gasteiger partial charge in [0.15, 0.2) is 21.3 Å². The number of non-ortho nitro benzene ring substituents is 1. The van der Waals surface area contributed by atoms with Gasteiger partial charge in [0.05, 0.1) is 33.2 Å². The average molecular weight is 693 g/mol. The van der Waals surface area contributed by atoms with Crippen molar-refractivity contribution in [2.75, 3.05) is 12.4 Å². The summed E-state index contributed by atoms with van der Waals surface area (Å²) in [5, 5.41) is 66.9. The van der Waals surface area contributed by atoms with Crippen LogP contribution in [0, 0.1) is 20.2 Å². The number of rotatable bonds is 12. The van der Waals surface area contributed by atoms with E-state index in [4.69, 9.17) is 4.55 Å². The van der Waals surface area contributed by atoms with Gasteiger partial charge in [0.25, 0.3) is 15.8 Å². The molecular formula is C20H16N6O16S3. The number of hydrogen-bond acceptors (Lipinski definition) is 18. The van der Waals surface area contributed by atoms with Crippen LogP contribution >= 0.6 is 0 Å². The van der Waals surface area contributed by atoms with Crippen LogP contribution in [-0.2, 0) is 34.5 Å². The van der Waals surface area contributed by atoms with Crippen LogP contribution in [0.2, 0.25) is 0 Å². The van der Waals surface area contributed by atoms with Crippen LogP contribution in [0.5, 0.6) is 17.2 Å². The Morgan fingerprint density at radius 2 is 1.33 bits per heavy atom. The van der Waals surface area contributed by atoms with Crippen molar-refractivity contribution in [2.24, 2.45) is 20.5 Å². The molecule has 45 heavy (non-hydrogen) atoms. The van der Waals surface area contributed by atoms with Gasteiger partial charge in [-0.3, -0.25) is 29.3 Å². The summed E-state index contributed by atoms with van der Waals surface area (Å²) in [6.45, 7) is -1.05. The normalized spacial score (nSPS) is 12.6. The number of azo groups is 2.